The van der Waals surface area contributed by atoms with Crippen LogP contribution in [0.5, 0.6) is 5.75 Å². The first-order chi connectivity index (χ1) is 10.3. The Morgan fingerprint density at radius 1 is 1.00 bits per heavy atom. The molecule has 0 radical (unpaired) electrons. The number of benzene rings is 1. The largest absolute Gasteiger partial charge is 0.495 e. The van der Waals surface area contributed by atoms with Crippen LogP contribution in [0, 0.1) is 11.8 Å². The molecule has 3 atom stereocenters. The van der Waals surface area contributed by atoms with Gasteiger partial charge in [0.25, 0.3) is 0 Å². The third-order valence-electron chi connectivity index (χ3n) is 5.91. The van der Waals surface area contributed by atoms with E-state index >= 15 is 0 Å². The second-order valence-electron chi connectivity index (χ2n) is 6.94. The van der Waals surface area contributed by atoms with Crippen LogP contribution in [-0.4, -0.2) is 44.2 Å². The molecule has 2 aliphatic carbocycles. The third kappa shape index (κ3) is 2.42. The van der Waals surface area contributed by atoms with Crippen LogP contribution in [0.15, 0.2) is 24.3 Å². The van der Waals surface area contributed by atoms with Gasteiger partial charge in [0.05, 0.1) is 12.8 Å². The van der Waals surface area contributed by atoms with Gasteiger partial charge in [-0.2, -0.15) is 0 Å². The monoisotopic (exact) mass is 286 g/mol. The molecule has 3 heteroatoms. The normalized spacial score (nSPS) is 32.6. The average molecular weight is 286 g/mol. The number of para-hydroxylation sites is 2. The van der Waals surface area contributed by atoms with Gasteiger partial charge in [0.1, 0.15) is 5.75 Å². The van der Waals surface area contributed by atoms with Crippen LogP contribution in [0.3, 0.4) is 0 Å². The highest BCUT2D eigenvalue weighted by atomic mass is 16.5. The Labute approximate surface area is 127 Å². The molecule has 1 aromatic carbocycles. The summed E-state index contributed by atoms with van der Waals surface area (Å²) in [5.41, 5.74) is 1.26. The van der Waals surface area contributed by atoms with Gasteiger partial charge in [-0.05, 0) is 43.2 Å². The first-order valence-electron chi connectivity index (χ1n) is 8.47. The van der Waals surface area contributed by atoms with E-state index in [1.807, 2.05) is 6.07 Å². The number of hydrogen-bond acceptors (Lipinski definition) is 3. The minimum Gasteiger partial charge on any atom is -0.495 e. The van der Waals surface area contributed by atoms with Crippen molar-refractivity contribution in [2.75, 3.05) is 38.2 Å². The van der Waals surface area contributed by atoms with Gasteiger partial charge in [0.2, 0.25) is 0 Å². The first-order valence-corrected chi connectivity index (χ1v) is 8.47. The van der Waals surface area contributed by atoms with Crippen molar-refractivity contribution in [3.8, 4) is 5.75 Å². The van der Waals surface area contributed by atoms with Gasteiger partial charge in [0, 0.05) is 32.2 Å². The summed E-state index contributed by atoms with van der Waals surface area (Å²) in [5.74, 6) is 3.06. The van der Waals surface area contributed by atoms with E-state index in [0.717, 1.165) is 36.7 Å². The Kier molecular flexibility index (Phi) is 3.54. The Hall–Kier alpha value is -1.22. The van der Waals surface area contributed by atoms with Gasteiger partial charge >= 0.3 is 0 Å². The summed E-state index contributed by atoms with van der Waals surface area (Å²) in [6.45, 7) is 4.69. The maximum absolute atomic E-state index is 5.51. The summed E-state index contributed by atoms with van der Waals surface area (Å²) < 4.78 is 5.51. The molecule has 21 heavy (non-hydrogen) atoms. The zero-order chi connectivity index (χ0) is 14.2. The fraction of sp³-hybridized carbons (Fsp3) is 0.667. The van der Waals surface area contributed by atoms with Gasteiger partial charge in [-0.15, -0.1) is 0 Å². The van der Waals surface area contributed by atoms with Crippen molar-refractivity contribution in [1.29, 1.82) is 0 Å². The van der Waals surface area contributed by atoms with Crippen LogP contribution in [0.1, 0.15) is 25.7 Å². The Balaban J connectivity index is 1.40. The van der Waals surface area contributed by atoms with E-state index in [1.54, 1.807) is 7.11 Å². The lowest BCUT2D eigenvalue weighted by atomic mass is 9.93. The van der Waals surface area contributed by atoms with Gasteiger partial charge in [-0.3, -0.25) is 4.90 Å². The van der Waals surface area contributed by atoms with Gasteiger partial charge in [0.15, 0.2) is 0 Å². The van der Waals surface area contributed by atoms with Crippen LogP contribution in [-0.2, 0) is 0 Å². The second kappa shape index (κ2) is 5.53. The summed E-state index contributed by atoms with van der Waals surface area (Å²) in [5, 5.41) is 0. The molecule has 1 heterocycles. The molecule has 2 bridgehead atoms. The predicted octanol–water partition coefficient (Wildman–Crippen LogP) is 3.01. The predicted molar refractivity (Wildman–Crippen MR) is 86.0 cm³/mol. The number of methoxy groups -OCH3 is 1. The summed E-state index contributed by atoms with van der Waals surface area (Å²) >= 11 is 0. The lowest BCUT2D eigenvalue weighted by Gasteiger charge is -2.42. The zero-order valence-corrected chi connectivity index (χ0v) is 13.0. The number of fused-ring (bicyclic) bond motifs is 2. The average Bonchev–Trinajstić information content (AvgIpc) is 3.18. The zero-order valence-electron chi connectivity index (χ0n) is 13.0. The smallest absolute Gasteiger partial charge is 0.142 e. The summed E-state index contributed by atoms with van der Waals surface area (Å²) in [4.78, 5) is 5.26. The maximum atomic E-state index is 5.51. The molecule has 4 rings (SSSR count). The summed E-state index contributed by atoms with van der Waals surface area (Å²) in [6, 6.07) is 9.31. The molecule has 0 amide bonds. The van der Waals surface area contributed by atoms with E-state index in [1.165, 1.54) is 44.5 Å². The number of ether oxygens (including phenoxy) is 1. The molecule has 1 saturated heterocycles. The van der Waals surface area contributed by atoms with Crippen LogP contribution in [0.25, 0.3) is 0 Å². The lowest BCUT2D eigenvalue weighted by Crippen LogP contribution is -2.51. The molecule has 0 aromatic heterocycles. The van der Waals surface area contributed by atoms with E-state index in [-0.39, 0.29) is 0 Å². The molecule has 0 unspecified atom stereocenters. The first kappa shape index (κ1) is 13.4. The van der Waals surface area contributed by atoms with Crippen molar-refractivity contribution < 1.29 is 4.74 Å². The van der Waals surface area contributed by atoms with Crippen LogP contribution in [0.2, 0.25) is 0 Å². The Bertz CT molecular complexity index is 496. The molecular weight excluding hydrogens is 260 g/mol. The molecule has 2 saturated carbocycles. The highest BCUT2D eigenvalue weighted by molar-refractivity contribution is 5.58. The minimum absolute atomic E-state index is 0.892. The van der Waals surface area contributed by atoms with E-state index in [4.69, 9.17) is 4.74 Å². The van der Waals surface area contributed by atoms with Crippen molar-refractivity contribution in [1.82, 2.24) is 4.90 Å². The topological polar surface area (TPSA) is 15.7 Å². The molecule has 1 aliphatic heterocycles. The SMILES string of the molecule is COc1ccccc1N1CCN([C@H]2C[C@H]3CC[C@H]2C3)CC1. The summed E-state index contributed by atoms with van der Waals surface area (Å²) in [6.07, 6.45) is 5.97. The number of hydrogen-bond donors (Lipinski definition) is 0. The van der Waals surface area contributed by atoms with Crippen molar-refractivity contribution in [3.63, 3.8) is 0 Å². The fourth-order valence-corrected chi connectivity index (χ4v) is 4.84. The summed E-state index contributed by atoms with van der Waals surface area (Å²) in [7, 11) is 1.77. The highest BCUT2D eigenvalue weighted by Gasteiger charge is 2.42. The quantitative estimate of drug-likeness (QED) is 0.849. The third-order valence-corrected chi connectivity index (χ3v) is 5.91. The van der Waals surface area contributed by atoms with Gasteiger partial charge in [-0.25, -0.2) is 0 Å². The molecule has 0 N–H and O–H groups in total. The minimum atomic E-state index is 0.892. The molecule has 114 valence electrons. The molecule has 1 aromatic rings. The van der Waals surface area contributed by atoms with Crippen LogP contribution >= 0.6 is 0 Å². The van der Waals surface area contributed by atoms with Crippen molar-refractivity contribution >= 4 is 5.69 Å². The van der Waals surface area contributed by atoms with E-state index < -0.39 is 0 Å². The number of anilines is 1. The standard InChI is InChI=1S/C18H26N2O/c1-21-18-5-3-2-4-16(18)19-8-10-20(11-9-19)17-13-14-6-7-15(17)12-14/h2-5,14-15,17H,6-13H2,1H3/t14-,15-,17-/m0/s1. The Morgan fingerprint density at radius 3 is 2.48 bits per heavy atom. The maximum Gasteiger partial charge on any atom is 0.142 e. The molecule has 3 aliphatic rings. The van der Waals surface area contributed by atoms with E-state index in [2.05, 4.69) is 28.0 Å². The van der Waals surface area contributed by atoms with Crippen LogP contribution < -0.4 is 9.64 Å². The molecule has 3 fully saturated rings. The van der Waals surface area contributed by atoms with Gasteiger partial charge < -0.3 is 9.64 Å². The Morgan fingerprint density at radius 2 is 1.81 bits per heavy atom. The second-order valence-corrected chi connectivity index (χ2v) is 6.94. The highest BCUT2D eigenvalue weighted by Crippen LogP contribution is 2.46. The van der Waals surface area contributed by atoms with Crippen molar-refractivity contribution in [3.05, 3.63) is 24.3 Å². The molecule has 3 nitrogen and oxygen atoms in total. The number of rotatable bonds is 3. The molecular formula is C18H26N2O. The van der Waals surface area contributed by atoms with E-state index in [9.17, 15) is 0 Å². The van der Waals surface area contributed by atoms with Crippen molar-refractivity contribution in [2.45, 2.75) is 31.7 Å². The fourth-order valence-electron chi connectivity index (χ4n) is 4.84. The number of nitrogens with zero attached hydrogens (tertiary/aromatic N) is 2. The van der Waals surface area contributed by atoms with Gasteiger partial charge in [-0.1, -0.05) is 18.6 Å². The molecule has 0 spiro atoms. The number of piperazine rings is 1. The lowest BCUT2D eigenvalue weighted by molar-refractivity contribution is 0.135. The van der Waals surface area contributed by atoms with Crippen molar-refractivity contribution in [2.24, 2.45) is 11.8 Å². The van der Waals surface area contributed by atoms with E-state index in [0.29, 0.717) is 0 Å². The van der Waals surface area contributed by atoms with Crippen LogP contribution in [0.4, 0.5) is 5.69 Å².